The van der Waals surface area contributed by atoms with E-state index in [1.165, 1.54) is 17.5 Å². The largest absolute Gasteiger partial charge is 0.313 e. The number of nitrogens with zero attached hydrogens (tertiary/aromatic N) is 1. The van der Waals surface area contributed by atoms with Crippen molar-refractivity contribution in [3.63, 3.8) is 0 Å². The molecule has 1 aromatic carbocycles. The Morgan fingerprint density at radius 3 is 2.67 bits per heavy atom. The number of rotatable bonds is 6. The number of nitrogens with one attached hydrogen (secondary N) is 2. The smallest absolute Gasteiger partial charge is 0.0535 e. The first-order valence-electron chi connectivity index (χ1n) is 6.10. The Kier molecular flexibility index (Phi) is 6.47. The maximum absolute atomic E-state index is 4.00. The SMILES string of the molecule is Cc1[nH]ncc1CNCCCc1ccccc1.Cl. The van der Waals surface area contributed by atoms with Crippen molar-refractivity contribution >= 4 is 12.4 Å². The van der Waals surface area contributed by atoms with Gasteiger partial charge in [-0.1, -0.05) is 30.3 Å². The summed E-state index contributed by atoms with van der Waals surface area (Å²) < 4.78 is 0. The minimum Gasteiger partial charge on any atom is -0.313 e. The van der Waals surface area contributed by atoms with Crippen LogP contribution in [0.2, 0.25) is 0 Å². The molecule has 0 aliphatic carbocycles. The summed E-state index contributed by atoms with van der Waals surface area (Å²) in [6.45, 7) is 3.99. The lowest BCUT2D eigenvalue weighted by Gasteiger charge is -2.04. The Labute approximate surface area is 114 Å². The third-order valence-corrected chi connectivity index (χ3v) is 2.91. The van der Waals surface area contributed by atoms with Gasteiger partial charge >= 0.3 is 0 Å². The van der Waals surface area contributed by atoms with E-state index in [4.69, 9.17) is 0 Å². The molecule has 3 nitrogen and oxygen atoms in total. The predicted octanol–water partition coefficient (Wildman–Crippen LogP) is 2.86. The first kappa shape index (κ1) is 14.7. The van der Waals surface area contributed by atoms with Crippen molar-refractivity contribution in [3.05, 3.63) is 53.3 Å². The predicted molar refractivity (Wildman–Crippen MR) is 77.0 cm³/mol. The van der Waals surface area contributed by atoms with Crippen molar-refractivity contribution in [2.45, 2.75) is 26.3 Å². The molecule has 18 heavy (non-hydrogen) atoms. The van der Waals surface area contributed by atoms with Gasteiger partial charge in [-0.15, -0.1) is 12.4 Å². The molecule has 98 valence electrons. The minimum atomic E-state index is 0. The molecule has 2 aromatic rings. The van der Waals surface area contributed by atoms with Crippen LogP contribution in [0.3, 0.4) is 0 Å². The summed E-state index contributed by atoms with van der Waals surface area (Å²) >= 11 is 0. The van der Waals surface area contributed by atoms with Gasteiger partial charge in [0.25, 0.3) is 0 Å². The van der Waals surface area contributed by atoms with Crippen molar-refractivity contribution in [1.82, 2.24) is 15.5 Å². The van der Waals surface area contributed by atoms with Crippen LogP contribution < -0.4 is 5.32 Å². The summed E-state index contributed by atoms with van der Waals surface area (Å²) in [5.41, 5.74) is 3.82. The number of aryl methyl sites for hydroxylation is 2. The lowest BCUT2D eigenvalue weighted by atomic mass is 10.1. The topological polar surface area (TPSA) is 40.7 Å². The lowest BCUT2D eigenvalue weighted by molar-refractivity contribution is 0.648. The average molecular weight is 266 g/mol. The zero-order chi connectivity index (χ0) is 11.9. The van der Waals surface area contributed by atoms with Crippen molar-refractivity contribution in [3.8, 4) is 0 Å². The monoisotopic (exact) mass is 265 g/mol. The van der Waals surface area contributed by atoms with Crippen LogP contribution in [0, 0.1) is 6.92 Å². The maximum atomic E-state index is 4.00. The average Bonchev–Trinajstić information content (AvgIpc) is 2.76. The quantitative estimate of drug-likeness (QED) is 0.789. The molecular formula is C14H20ClN3. The van der Waals surface area contributed by atoms with E-state index in [0.717, 1.165) is 25.2 Å². The van der Waals surface area contributed by atoms with Gasteiger partial charge in [-0.3, -0.25) is 5.10 Å². The molecule has 1 heterocycles. The van der Waals surface area contributed by atoms with E-state index in [2.05, 4.69) is 45.8 Å². The first-order chi connectivity index (χ1) is 8.36. The second-order valence-corrected chi connectivity index (χ2v) is 4.29. The van der Waals surface area contributed by atoms with Crippen LogP contribution in [-0.2, 0) is 13.0 Å². The molecule has 0 fully saturated rings. The third kappa shape index (κ3) is 4.51. The Bertz CT molecular complexity index is 439. The molecule has 1 aromatic heterocycles. The molecule has 0 atom stereocenters. The Morgan fingerprint density at radius 1 is 1.22 bits per heavy atom. The van der Waals surface area contributed by atoms with E-state index < -0.39 is 0 Å². The number of halogens is 1. The van der Waals surface area contributed by atoms with Crippen LogP contribution >= 0.6 is 12.4 Å². The molecule has 0 spiro atoms. The zero-order valence-corrected chi connectivity index (χ0v) is 11.5. The molecule has 0 bridgehead atoms. The fraction of sp³-hybridized carbons (Fsp3) is 0.357. The molecule has 0 aliphatic rings. The van der Waals surface area contributed by atoms with Crippen LogP contribution in [0.5, 0.6) is 0 Å². The highest BCUT2D eigenvalue weighted by Crippen LogP contribution is 2.03. The molecule has 2 rings (SSSR count). The van der Waals surface area contributed by atoms with Gasteiger partial charge in [0, 0.05) is 17.8 Å². The number of benzene rings is 1. The molecule has 0 aliphatic heterocycles. The highest BCUT2D eigenvalue weighted by atomic mass is 35.5. The Hall–Kier alpha value is -1.32. The van der Waals surface area contributed by atoms with Crippen LogP contribution in [0.1, 0.15) is 23.2 Å². The fourth-order valence-corrected chi connectivity index (χ4v) is 1.84. The van der Waals surface area contributed by atoms with Crippen molar-refractivity contribution in [1.29, 1.82) is 0 Å². The fourth-order valence-electron chi connectivity index (χ4n) is 1.84. The molecule has 0 saturated carbocycles. The summed E-state index contributed by atoms with van der Waals surface area (Å²) in [5, 5.41) is 10.4. The van der Waals surface area contributed by atoms with E-state index in [1.807, 2.05) is 13.1 Å². The molecular weight excluding hydrogens is 246 g/mol. The van der Waals surface area contributed by atoms with Crippen molar-refractivity contribution in [2.24, 2.45) is 0 Å². The summed E-state index contributed by atoms with van der Waals surface area (Å²) in [5.74, 6) is 0. The Balaban J connectivity index is 0.00000162. The van der Waals surface area contributed by atoms with Gasteiger partial charge in [0.15, 0.2) is 0 Å². The zero-order valence-electron chi connectivity index (χ0n) is 10.6. The van der Waals surface area contributed by atoms with Gasteiger partial charge in [-0.05, 0) is 31.9 Å². The van der Waals surface area contributed by atoms with Crippen LogP contribution in [0.15, 0.2) is 36.5 Å². The van der Waals surface area contributed by atoms with E-state index >= 15 is 0 Å². The number of H-pyrrole nitrogens is 1. The Morgan fingerprint density at radius 2 is 2.00 bits per heavy atom. The van der Waals surface area contributed by atoms with E-state index in [-0.39, 0.29) is 12.4 Å². The van der Waals surface area contributed by atoms with Crippen molar-refractivity contribution < 1.29 is 0 Å². The summed E-state index contributed by atoms with van der Waals surface area (Å²) in [4.78, 5) is 0. The second kappa shape index (κ2) is 7.90. The summed E-state index contributed by atoms with van der Waals surface area (Å²) in [7, 11) is 0. The van der Waals surface area contributed by atoms with Gasteiger partial charge in [0.05, 0.1) is 6.20 Å². The molecule has 0 saturated heterocycles. The molecule has 0 radical (unpaired) electrons. The van der Waals surface area contributed by atoms with Gasteiger partial charge in [-0.25, -0.2) is 0 Å². The van der Waals surface area contributed by atoms with E-state index in [9.17, 15) is 0 Å². The highest BCUT2D eigenvalue weighted by Gasteiger charge is 1.98. The third-order valence-electron chi connectivity index (χ3n) is 2.91. The van der Waals surface area contributed by atoms with E-state index in [1.54, 1.807) is 0 Å². The number of hydrogen-bond donors (Lipinski definition) is 2. The minimum absolute atomic E-state index is 0. The van der Waals surface area contributed by atoms with Gasteiger partial charge < -0.3 is 5.32 Å². The van der Waals surface area contributed by atoms with Crippen LogP contribution in [-0.4, -0.2) is 16.7 Å². The highest BCUT2D eigenvalue weighted by molar-refractivity contribution is 5.85. The number of aromatic nitrogens is 2. The normalized spacial score (nSPS) is 10.1. The number of hydrogen-bond acceptors (Lipinski definition) is 2. The maximum Gasteiger partial charge on any atom is 0.0535 e. The van der Waals surface area contributed by atoms with Gasteiger partial charge in [-0.2, -0.15) is 5.10 Å². The van der Waals surface area contributed by atoms with Gasteiger partial charge in [0.1, 0.15) is 0 Å². The van der Waals surface area contributed by atoms with Crippen LogP contribution in [0.25, 0.3) is 0 Å². The first-order valence-corrected chi connectivity index (χ1v) is 6.10. The molecule has 2 N–H and O–H groups in total. The summed E-state index contributed by atoms with van der Waals surface area (Å²) in [6.07, 6.45) is 4.19. The molecule has 0 unspecified atom stereocenters. The van der Waals surface area contributed by atoms with Crippen molar-refractivity contribution in [2.75, 3.05) is 6.54 Å². The summed E-state index contributed by atoms with van der Waals surface area (Å²) in [6, 6.07) is 10.6. The van der Waals surface area contributed by atoms with E-state index in [0.29, 0.717) is 0 Å². The van der Waals surface area contributed by atoms with Gasteiger partial charge in [0.2, 0.25) is 0 Å². The molecule has 0 amide bonds. The molecule has 4 heteroatoms. The number of aromatic amines is 1. The second-order valence-electron chi connectivity index (χ2n) is 4.29. The standard InChI is InChI=1S/C14H19N3.ClH/c1-12-14(11-16-17-12)10-15-9-5-8-13-6-3-2-4-7-13;/h2-4,6-7,11,15H,5,8-10H2,1H3,(H,16,17);1H. The lowest BCUT2D eigenvalue weighted by Crippen LogP contribution is -2.15. The van der Waals surface area contributed by atoms with Crippen LogP contribution in [0.4, 0.5) is 0 Å².